The van der Waals surface area contributed by atoms with Crippen LogP contribution in [-0.4, -0.2) is 64.2 Å². The lowest BCUT2D eigenvalue weighted by Crippen LogP contribution is -2.42. The fourth-order valence-corrected chi connectivity index (χ4v) is 10.9. The van der Waals surface area contributed by atoms with Gasteiger partial charge in [0, 0.05) is 39.7 Å². The van der Waals surface area contributed by atoms with Crippen LogP contribution in [0, 0.1) is 29.6 Å². The quantitative estimate of drug-likeness (QED) is 0.263. The number of benzene rings is 2. The van der Waals surface area contributed by atoms with E-state index in [-0.39, 0.29) is 77.5 Å². The number of carboxylic acids is 1. The molecule has 240 valence electrons. The molecular weight excluding hydrogens is 654 g/mol. The summed E-state index contributed by atoms with van der Waals surface area (Å²) in [7, 11) is 1.52. The molecule has 1 aromatic heterocycles. The van der Waals surface area contributed by atoms with Crippen molar-refractivity contribution in [1.29, 1.82) is 0 Å². The number of nitrogens with one attached hydrogen (secondary N) is 2. The number of carboxylic acid groups (broad SMARTS) is 1. The lowest BCUT2D eigenvalue weighted by molar-refractivity contribution is -0.142. The molecule has 14 heteroatoms. The molecule has 2 aliphatic heterocycles. The van der Waals surface area contributed by atoms with Crippen LogP contribution in [-0.2, 0) is 19.2 Å². The van der Waals surface area contributed by atoms with Crippen molar-refractivity contribution in [2.75, 3.05) is 25.6 Å². The second-order valence-corrected chi connectivity index (χ2v) is 14.7. The van der Waals surface area contributed by atoms with Gasteiger partial charge in [-0.1, -0.05) is 29.0 Å². The number of anilines is 1. The molecule has 6 unspecified atom stereocenters. The summed E-state index contributed by atoms with van der Waals surface area (Å²) in [5, 5.41) is 13.2. The van der Waals surface area contributed by atoms with E-state index in [0.29, 0.717) is 22.2 Å². The molecule has 11 nitrogen and oxygen atoms in total. The summed E-state index contributed by atoms with van der Waals surface area (Å²) in [5.41, 5.74) is 1.48. The molecule has 3 heterocycles. The van der Waals surface area contributed by atoms with E-state index in [9.17, 15) is 24.0 Å². The largest absolute Gasteiger partial charge is 0.493 e. The minimum absolute atomic E-state index is 0.00690. The zero-order valence-corrected chi connectivity index (χ0v) is 27.0. The number of thiazole rings is 1. The summed E-state index contributed by atoms with van der Waals surface area (Å²) in [6.07, 6.45) is 0.862. The number of ether oxygens (including phenoxy) is 2. The Balaban J connectivity index is 1.15. The predicted molar refractivity (Wildman–Crippen MR) is 171 cm³/mol. The first kappa shape index (κ1) is 30.8. The smallest absolute Gasteiger partial charge is 0.305 e. The van der Waals surface area contributed by atoms with Gasteiger partial charge >= 0.3 is 10.8 Å². The van der Waals surface area contributed by atoms with Crippen molar-refractivity contribution in [1.82, 2.24) is 9.88 Å². The van der Waals surface area contributed by atoms with E-state index in [4.69, 9.17) is 26.2 Å². The van der Waals surface area contributed by atoms with Crippen LogP contribution in [0.2, 0.25) is 5.02 Å². The summed E-state index contributed by atoms with van der Waals surface area (Å²) < 4.78 is 11.5. The number of likely N-dealkylation sites (tertiary alicyclic amines) is 1. The average molecular weight is 684 g/mol. The summed E-state index contributed by atoms with van der Waals surface area (Å²) >= 11 is 8.68. The van der Waals surface area contributed by atoms with Gasteiger partial charge in [0.15, 0.2) is 18.1 Å². The number of carbonyl (C=O) groups excluding carboxylic acids is 3. The van der Waals surface area contributed by atoms with Crippen molar-refractivity contribution < 1.29 is 33.8 Å². The highest BCUT2D eigenvalue weighted by atomic mass is 35.5. The fraction of sp³-hybridized carbons (Fsp3) is 0.406. The number of aromatic nitrogens is 1. The molecule has 7 rings (SSSR count). The van der Waals surface area contributed by atoms with Crippen molar-refractivity contribution in [2.45, 2.75) is 35.5 Å². The molecular formula is C32H30ClN3O8S2. The Bertz CT molecular complexity index is 1790. The van der Waals surface area contributed by atoms with Gasteiger partial charge in [0.25, 0.3) is 5.91 Å². The van der Waals surface area contributed by atoms with E-state index in [1.165, 1.54) is 12.0 Å². The Labute approximate surface area is 276 Å². The number of rotatable bonds is 10. The number of halogens is 1. The van der Waals surface area contributed by atoms with Crippen LogP contribution >= 0.6 is 34.7 Å². The Morgan fingerprint density at radius 2 is 1.80 bits per heavy atom. The first-order valence-electron chi connectivity index (χ1n) is 15.0. The molecule has 2 aliphatic carbocycles. The van der Waals surface area contributed by atoms with Gasteiger partial charge in [-0.2, -0.15) is 0 Å². The standard InChI is InChI=1S/C32H30ClN3O8S2/c1-43-20-11-14(4-9-19(20)44-13-21(37)34-16-7-5-15(33)6-8-16)23-24-17-12-18(27(24)45-29-28(23)46-32(42)35-29)26-25(17)30(40)36(31(26)41)10-2-3-22(38)39/h4-9,11,17-18,23-27H,2-3,10,12-13H2,1H3,(H,34,37)(H,35,42)(H,38,39)/t17?,18?,23-,24?,25?,26?,27?/m1/s1. The normalized spacial score (nSPS) is 27.3. The lowest BCUT2D eigenvalue weighted by atomic mass is 9.68. The molecule has 3 aromatic rings. The highest BCUT2D eigenvalue weighted by Gasteiger charge is 2.69. The van der Waals surface area contributed by atoms with Gasteiger partial charge in [-0.05, 0) is 72.6 Å². The Kier molecular flexibility index (Phi) is 8.10. The van der Waals surface area contributed by atoms with Crippen molar-refractivity contribution >= 4 is 64.1 Å². The number of carbonyl (C=O) groups is 4. The van der Waals surface area contributed by atoms with Gasteiger partial charge in [0.1, 0.15) is 0 Å². The van der Waals surface area contributed by atoms with Gasteiger partial charge < -0.3 is 24.9 Å². The number of nitrogens with zero attached hydrogens (tertiary/aromatic N) is 1. The SMILES string of the molecule is COc1cc([C@H]2c3sc(=O)[nH]c3SC3C4CC(C5C(=O)N(CCCC(=O)O)C(=O)C45)C32)ccc1OCC(=O)Nc1ccc(Cl)cc1. The number of H-pyrrole nitrogens is 1. The third kappa shape index (κ3) is 5.27. The van der Waals surface area contributed by atoms with Crippen LogP contribution in [0.25, 0.3) is 0 Å². The topological polar surface area (TPSA) is 155 Å². The van der Waals surface area contributed by atoms with Crippen molar-refractivity contribution in [3.8, 4) is 11.5 Å². The van der Waals surface area contributed by atoms with Crippen molar-refractivity contribution in [2.24, 2.45) is 29.6 Å². The number of thioether (sulfide) groups is 1. The maximum absolute atomic E-state index is 13.7. The summed E-state index contributed by atoms with van der Waals surface area (Å²) in [4.78, 5) is 68.4. The molecule has 0 spiro atoms. The van der Waals surface area contributed by atoms with E-state index < -0.39 is 17.8 Å². The van der Waals surface area contributed by atoms with Gasteiger partial charge in [-0.3, -0.25) is 28.9 Å². The third-order valence-electron chi connectivity index (χ3n) is 9.62. The zero-order valence-electron chi connectivity index (χ0n) is 24.6. The first-order chi connectivity index (χ1) is 22.1. The maximum Gasteiger partial charge on any atom is 0.305 e. The second kappa shape index (κ2) is 12.1. The zero-order chi connectivity index (χ0) is 32.3. The van der Waals surface area contributed by atoms with E-state index in [1.54, 1.807) is 42.1 Å². The molecule has 3 amide bonds. The first-order valence-corrected chi connectivity index (χ1v) is 17.0. The monoisotopic (exact) mass is 683 g/mol. The number of aromatic amines is 1. The Morgan fingerprint density at radius 3 is 2.52 bits per heavy atom. The summed E-state index contributed by atoms with van der Waals surface area (Å²) in [6.45, 7) is -0.141. The number of hydrogen-bond donors (Lipinski definition) is 3. The molecule has 4 aliphatic rings. The molecule has 3 fully saturated rings. The Hall–Kier alpha value is -3.81. The molecule has 7 atom stereocenters. The van der Waals surface area contributed by atoms with Crippen LogP contribution < -0.4 is 19.7 Å². The number of amides is 3. The van der Waals surface area contributed by atoms with Crippen LogP contribution in [0.4, 0.5) is 5.69 Å². The third-order valence-corrected chi connectivity index (χ3v) is 12.5. The molecule has 1 saturated heterocycles. The minimum atomic E-state index is -0.960. The number of methoxy groups -OCH3 is 1. The summed E-state index contributed by atoms with van der Waals surface area (Å²) in [5.74, 6) is -2.12. The number of aliphatic carboxylic acids is 1. The lowest BCUT2D eigenvalue weighted by Gasteiger charge is -2.43. The highest BCUT2D eigenvalue weighted by molar-refractivity contribution is 8.00. The van der Waals surface area contributed by atoms with Gasteiger partial charge in [0.05, 0.1) is 24.0 Å². The van der Waals surface area contributed by atoms with E-state index in [1.807, 2.05) is 12.1 Å². The van der Waals surface area contributed by atoms with Crippen molar-refractivity contribution in [3.63, 3.8) is 0 Å². The molecule has 46 heavy (non-hydrogen) atoms. The highest BCUT2D eigenvalue weighted by Crippen LogP contribution is 2.68. The van der Waals surface area contributed by atoms with Gasteiger partial charge in [-0.25, -0.2) is 0 Å². The fourth-order valence-electron chi connectivity index (χ4n) is 7.93. The number of imide groups is 1. The minimum Gasteiger partial charge on any atom is -0.493 e. The van der Waals surface area contributed by atoms with Crippen LogP contribution in [0.5, 0.6) is 11.5 Å². The Morgan fingerprint density at radius 1 is 1.07 bits per heavy atom. The van der Waals surface area contributed by atoms with Crippen molar-refractivity contribution in [3.05, 3.63) is 67.6 Å². The van der Waals surface area contributed by atoms with E-state index in [0.717, 1.165) is 33.2 Å². The van der Waals surface area contributed by atoms with Crippen LogP contribution in [0.15, 0.2) is 52.3 Å². The predicted octanol–water partition coefficient (Wildman–Crippen LogP) is 4.45. The maximum atomic E-state index is 13.7. The molecule has 2 saturated carbocycles. The molecule has 2 bridgehead atoms. The molecule has 0 radical (unpaired) electrons. The van der Waals surface area contributed by atoms with Crippen LogP contribution in [0.3, 0.4) is 0 Å². The van der Waals surface area contributed by atoms with Gasteiger partial charge in [-0.15, -0.1) is 11.8 Å². The summed E-state index contributed by atoms with van der Waals surface area (Å²) in [6, 6.07) is 12.3. The average Bonchev–Trinajstić information content (AvgIpc) is 3.76. The molecule has 2 aromatic carbocycles. The van der Waals surface area contributed by atoms with Gasteiger partial charge in [0.2, 0.25) is 11.8 Å². The number of fused-ring (bicyclic) bond motifs is 9. The van der Waals surface area contributed by atoms with Crippen LogP contribution in [0.1, 0.15) is 35.6 Å². The molecule has 3 N–H and O–H groups in total. The van der Waals surface area contributed by atoms with E-state index >= 15 is 0 Å². The van der Waals surface area contributed by atoms with E-state index in [2.05, 4.69) is 10.3 Å². The number of hydrogen-bond acceptors (Lipinski definition) is 9. The second-order valence-electron chi connectivity index (χ2n) is 12.0.